The van der Waals surface area contributed by atoms with Crippen LogP contribution < -0.4 is 5.32 Å². The lowest BCUT2D eigenvalue weighted by Gasteiger charge is -2.22. The van der Waals surface area contributed by atoms with Gasteiger partial charge in [0.1, 0.15) is 5.82 Å². The Bertz CT molecular complexity index is 854. The summed E-state index contributed by atoms with van der Waals surface area (Å²) in [5, 5.41) is 3.27. The maximum absolute atomic E-state index is 13.0. The van der Waals surface area contributed by atoms with Crippen molar-refractivity contribution in [1.82, 2.24) is 10.2 Å². The van der Waals surface area contributed by atoms with Crippen LogP contribution in [0, 0.1) is 5.82 Å². The first kappa shape index (κ1) is 23.4. The van der Waals surface area contributed by atoms with Gasteiger partial charge in [-0.05, 0) is 28.8 Å². The maximum atomic E-state index is 13.0. The zero-order chi connectivity index (χ0) is 19.2. The van der Waals surface area contributed by atoms with E-state index in [0.29, 0.717) is 13.1 Å². The number of halogens is 2. The number of hydrogen-bond acceptors (Lipinski definition) is 3. The van der Waals surface area contributed by atoms with Crippen LogP contribution in [0.25, 0.3) is 0 Å². The highest BCUT2D eigenvalue weighted by Gasteiger charge is 2.08. The number of sulfone groups is 1. The molecule has 0 saturated carbocycles. The molecule has 0 heterocycles. The Hall–Kier alpha value is -1.68. The Balaban J connectivity index is 0.00000364. The minimum atomic E-state index is -3.03. The van der Waals surface area contributed by atoms with Crippen LogP contribution in [0.15, 0.2) is 53.5 Å². The van der Waals surface area contributed by atoms with Gasteiger partial charge in [0, 0.05) is 33.4 Å². The van der Waals surface area contributed by atoms with Crippen molar-refractivity contribution in [1.29, 1.82) is 0 Å². The molecule has 5 nitrogen and oxygen atoms in total. The SMILES string of the molecule is CN=C(NCc1ccc(CS(C)(=O)=O)cc1)N(C)Cc1ccc(F)cc1.I. The summed E-state index contributed by atoms with van der Waals surface area (Å²) in [5.74, 6) is 0.510. The lowest BCUT2D eigenvalue weighted by Crippen LogP contribution is -2.38. The van der Waals surface area contributed by atoms with E-state index in [-0.39, 0.29) is 35.5 Å². The molecule has 1 N–H and O–H groups in total. The molecule has 2 aromatic carbocycles. The molecule has 0 aliphatic carbocycles. The van der Waals surface area contributed by atoms with Gasteiger partial charge in [0.15, 0.2) is 15.8 Å². The highest BCUT2D eigenvalue weighted by Crippen LogP contribution is 2.09. The normalized spacial score (nSPS) is 11.6. The summed E-state index contributed by atoms with van der Waals surface area (Å²) in [6, 6.07) is 13.8. The molecule has 8 heteroatoms. The Morgan fingerprint density at radius 1 is 1.04 bits per heavy atom. The predicted molar refractivity (Wildman–Crippen MR) is 118 cm³/mol. The molecule has 2 rings (SSSR count). The first-order valence-corrected chi connectivity index (χ1v) is 10.2. The molecule has 2 aromatic rings. The Labute approximate surface area is 177 Å². The molecule has 27 heavy (non-hydrogen) atoms. The van der Waals surface area contributed by atoms with Gasteiger partial charge in [-0.25, -0.2) is 12.8 Å². The molecule has 0 aliphatic rings. The second-order valence-electron chi connectivity index (χ2n) is 6.27. The minimum Gasteiger partial charge on any atom is -0.352 e. The third kappa shape index (κ3) is 8.25. The monoisotopic (exact) mass is 505 g/mol. The Morgan fingerprint density at radius 3 is 2.07 bits per heavy atom. The Morgan fingerprint density at radius 2 is 1.56 bits per heavy atom. The van der Waals surface area contributed by atoms with E-state index in [4.69, 9.17) is 0 Å². The third-order valence-corrected chi connectivity index (χ3v) is 4.67. The molecular weight excluding hydrogens is 480 g/mol. The van der Waals surface area contributed by atoms with Gasteiger partial charge in [0.25, 0.3) is 0 Å². The van der Waals surface area contributed by atoms with Crippen LogP contribution in [0.3, 0.4) is 0 Å². The van der Waals surface area contributed by atoms with E-state index in [1.54, 1.807) is 19.2 Å². The van der Waals surface area contributed by atoms with Crippen molar-refractivity contribution < 1.29 is 12.8 Å². The molecule has 0 saturated heterocycles. The summed E-state index contributed by atoms with van der Waals surface area (Å²) < 4.78 is 35.7. The zero-order valence-electron chi connectivity index (χ0n) is 15.6. The molecule has 0 fully saturated rings. The molecule has 0 aliphatic heterocycles. The molecule has 0 atom stereocenters. The quantitative estimate of drug-likeness (QED) is 0.372. The number of rotatable bonds is 6. The number of hydrogen-bond donors (Lipinski definition) is 1. The van der Waals surface area contributed by atoms with Crippen LogP contribution in [0.1, 0.15) is 16.7 Å². The second-order valence-corrected chi connectivity index (χ2v) is 8.41. The number of benzene rings is 2. The molecule has 0 amide bonds. The molecule has 148 valence electrons. The fourth-order valence-corrected chi connectivity index (χ4v) is 3.36. The lowest BCUT2D eigenvalue weighted by molar-refractivity contribution is 0.476. The van der Waals surface area contributed by atoms with Crippen LogP contribution in [0.4, 0.5) is 4.39 Å². The molecule has 0 unspecified atom stereocenters. The standard InChI is InChI=1S/C19H24FN3O2S.HI/c1-21-19(23(2)13-16-8-10-18(20)11-9-16)22-12-15-4-6-17(7-5-15)14-26(3,24)25;/h4-11H,12-14H2,1-3H3,(H,21,22);1H. The van der Waals surface area contributed by atoms with Gasteiger partial charge in [-0.2, -0.15) is 0 Å². The summed E-state index contributed by atoms with van der Waals surface area (Å²) in [7, 11) is 0.589. The number of aliphatic imine (C=N–C) groups is 1. The second kappa shape index (κ2) is 10.6. The van der Waals surface area contributed by atoms with Gasteiger partial charge in [0.05, 0.1) is 5.75 Å². The van der Waals surface area contributed by atoms with Crippen LogP contribution >= 0.6 is 24.0 Å². The van der Waals surface area contributed by atoms with Crippen LogP contribution in [0.2, 0.25) is 0 Å². The van der Waals surface area contributed by atoms with E-state index in [1.165, 1.54) is 18.4 Å². The fourth-order valence-electron chi connectivity index (χ4n) is 2.56. The highest BCUT2D eigenvalue weighted by atomic mass is 127. The average molecular weight is 505 g/mol. The van der Waals surface area contributed by atoms with Crippen molar-refractivity contribution in [2.75, 3.05) is 20.4 Å². The van der Waals surface area contributed by atoms with Gasteiger partial charge in [-0.15, -0.1) is 24.0 Å². The first-order chi connectivity index (χ1) is 12.3. The van der Waals surface area contributed by atoms with Crippen molar-refractivity contribution in [3.8, 4) is 0 Å². The summed E-state index contributed by atoms with van der Waals surface area (Å²) >= 11 is 0. The fraction of sp³-hybridized carbons (Fsp3) is 0.316. The van der Waals surface area contributed by atoms with Gasteiger partial charge in [-0.1, -0.05) is 36.4 Å². The molecular formula is C19H25FIN3O2S. The van der Waals surface area contributed by atoms with Gasteiger partial charge in [0.2, 0.25) is 0 Å². The first-order valence-electron chi connectivity index (χ1n) is 8.18. The van der Waals surface area contributed by atoms with Crippen molar-refractivity contribution in [2.24, 2.45) is 4.99 Å². The highest BCUT2D eigenvalue weighted by molar-refractivity contribution is 14.0. The van der Waals surface area contributed by atoms with E-state index in [2.05, 4.69) is 10.3 Å². The average Bonchev–Trinajstić information content (AvgIpc) is 2.57. The minimum absolute atomic E-state index is 0. The largest absolute Gasteiger partial charge is 0.352 e. The van der Waals surface area contributed by atoms with Crippen molar-refractivity contribution >= 4 is 39.8 Å². The molecule has 0 bridgehead atoms. The summed E-state index contributed by atoms with van der Waals surface area (Å²) in [4.78, 5) is 6.21. The summed E-state index contributed by atoms with van der Waals surface area (Å²) in [6.07, 6.45) is 1.23. The maximum Gasteiger partial charge on any atom is 0.193 e. The van der Waals surface area contributed by atoms with E-state index >= 15 is 0 Å². The lowest BCUT2D eigenvalue weighted by atomic mass is 10.1. The topological polar surface area (TPSA) is 61.8 Å². The van der Waals surface area contributed by atoms with E-state index in [9.17, 15) is 12.8 Å². The van der Waals surface area contributed by atoms with Crippen molar-refractivity contribution in [3.63, 3.8) is 0 Å². The van der Waals surface area contributed by atoms with Gasteiger partial charge in [-0.3, -0.25) is 4.99 Å². The Kier molecular flexibility index (Phi) is 9.17. The van der Waals surface area contributed by atoms with Crippen molar-refractivity contribution in [2.45, 2.75) is 18.8 Å². The summed E-state index contributed by atoms with van der Waals surface area (Å²) in [5.41, 5.74) is 2.79. The van der Waals surface area contributed by atoms with E-state index in [0.717, 1.165) is 22.6 Å². The number of nitrogens with one attached hydrogen (secondary N) is 1. The third-order valence-electron chi connectivity index (χ3n) is 3.81. The van der Waals surface area contributed by atoms with Crippen molar-refractivity contribution in [3.05, 3.63) is 71.0 Å². The van der Waals surface area contributed by atoms with E-state index in [1.807, 2.05) is 36.2 Å². The predicted octanol–water partition coefficient (Wildman–Crippen LogP) is 3.20. The molecule has 0 aromatic heterocycles. The smallest absolute Gasteiger partial charge is 0.193 e. The van der Waals surface area contributed by atoms with Gasteiger partial charge >= 0.3 is 0 Å². The molecule has 0 spiro atoms. The van der Waals surface area contributed by atoms with E-state index < -0.39 is 9.84 Å². The van der Waals surface area contributed by atoms with Gasteiger partial charge < -0.3 is 10.2 Å². The number of guanidine groups is 1. The zero-order valence-corrected chi connectivity index (χ0v) is 18.8. The molecule has 0 radical (unpaired) electrons. The van der Waals surface area contributed by atoms with Crippen LogP contribution in [0.5, 0.6) is 0 Å². The number of nitrogens with zero attached hydrogens (tertiary/aromatic N) is 2. The van der Waals surface area contributed by atoms with Crippen LogP contribution in [-0.2, 0) is 28.7 Å². The summed E-state index contributed by atoms with van der Waals surface area (Å²) in [6.45, 7) is 1.17. The van der Waals surface area contributed by atoms with Crippen LogP contribution in [-0.4, -0.2) is 39.6 Å².